The minimum absolute atomic E-state index is 0.106. The highest BCUT2D eigenvalue weighted by Gasteiger charge is 2.28. The van der Waals surface area contributed by atoms with Gasteiger partial charge in [0.1, 0.15) is 0 Å². The second kappa shape index (κ2) is 7.76. The Balaban J connectivity index is 2.00. The minimum Gasteiger partial charge on any atom is -0.481 e. The van der Waals surface area contributed by atoms with E-state index in [9.17, 15) is 18.0 Å². The molecule has 24 heavy (non-hydrogen) atoms. The zero-order valence-corrected chi connectivity index (χ0v) is 14.4. The van der Waals surface area contributed by atoms with Crippen LogP contribution in [-0.2, 0) is 19.6 Å². The highest BCUT2D eigenvalue weighted by molar-refractivity contribution is 7.88. The molecule has 0 unspecified atom stereocenters. The number of carbonyl (C=O) groups excluding carboxylic acids is 1. The molecule has 7 nitrogen and oxygen atoms in total. The monoisotopic (exact) mass is 354 g/mol. The molecule has 0 bridgehead atoms. The molecule has 1 atom stereocenters. The van der Waals surface area contributed by atoms with Crippen molar-refractivity contribution in [2.75, 3.05) is 32.4 Å². The van der Waals surface area contributed by atoms with Crippen molar-refractivity contribution in [3.63, 3.8) is 0 Å². The van der Waals surface area contributed by atoms with Gasteiger partial charge in [-0.05, 0) is 5.56 Å². The van der Waals surface area contributed by atoms with Gasteiger partial charge in [0, 0.05) is 38.5 Å². The molecule has 2 rings (SSSR count). The van der Waals surface area contributed by atoms with E-state index in [1.54, 1.807) is 4.90 Å². The molecular formula is C16H22N2O5S. The molecule has 1 aromatic rings. The molecule has 0 radical (unpaired) electrons. The number of piperazine rings is 1. The van der Waals surface area contributed by atoms with Crippen LogP contribution in [-0.4, -0.2) is 67.0 Å². The Kier molecular flexibility index (Phi) is 5.95. The first-order chi connectivity index (χ1) is 11.3. The average Bonchev–Trinajstić information content (AvgIpc) is 2.54. The van der Waals surface area contributed by atoms with Gasteiger partial charge >= 0.3 is 5.97 Å². The van der Waals surface area contributed by atoms with E-state index in [1.165, 1.54) is 4.31 Å². The fourth-order valence-corrected chi connectivity index (χ4v) is 3.68. The van der Waals surface area contributed by atoms with Crippen molar-refractivity contribution < 1.29 is 23.1 Å². The summed E-state index contributed by atoms with van der Waals surface area (Å²) in [6.07, 6.45) is 1.15. The van der Waals surface area contributed by atoms with E-state index in [1.807, 2.05) is 30.3 Å². The van der Waals surface area contributed by atoms with E-state index in [2.05, 4.69) is 0 Å². The van der Waals surface area contributed by atoms with Crippen molar-refractivity contribution >= 4 is 21.9 Å². The number of carbonyl (C=O) groups is 2. The molecule has 0 saturated carbocycles. The molecule has 1 amide bonds. The van der Waals surface area contributed by atoms with E-state index in [0.717, 1.165) is 11.8 Å². The maximum atomic E-state index is 12.5. The second-order valence-electron chi connectivity index (χ2n) is 5.95. The minimum atomic E-state index is -3.24. The number of hydrogen-bond acceptors (Lipinski definition) is 4. The smallest absolute Gasteiger partial charge is 0.303 e. The largest absolute Gasteiger partial charge is 0.481 e. The Morgan fingerprint density at radius 3 is 2.17 bits per heavy atom. The zero-order chi connectivity index (χ0) is 17.7. The summed E-state index contributed by atoms with van der Waals surface area (Å²) >= 11 is 0. The van der Waals surface area contributed by atoms with Crippen molar-refractivity contribution in [2.24, 2.45) is 0 Å². The number of rotatable bonds is 6. The Labute approximate surface area is 141 Å². The van der Waals surface area contributed by atoms with Crippen LogP contribution in [0, 0.1) is 0 Å². The molecule has 1 heterocycles. The molecule has 0 aliphatic carbocycles. The first-order valence-electron chi connectivity index (χ1n) is 7.77. The maximum Gasteiger partial charge on any atom is 0.303 e. The zero-order valence-electron chi connectivity index (χ0n) is 13.6. The molecule has 0 spiro atoms. The first kappa shape index (κ1) is 18.4. The van der Waals surface area contributed by atoms with Gasteiger partial charge in [-0.3, -0.25) is 9.59 Å². The second-order valence-corrected chi connectivity index (χ2v) is 7.93. The van der Waals surface area contributed by atoms with Gasteiger partial charge < -0.3 is 10.0 Å². The third kappa shape index (κ3) is 5.04. The lowest BCUT2D eigenvalue weighted by Gasteiger charge is -2.34. The topological polar surface area (TPSA) is 95.0 Å². The summed E-state index contributed by atoms with van der Waals surface area (Å²) in [5, 5.41) is 9.09. The molecule has 1 fully saturated rings. The van der Waals surface area contributed by atoms with Gasteiger partial charge in [-0.1, -0.05) is 30.3 Å². The van der Waals surface area contributed by atoms with Crippen LogP contribution < -0.4 is 0 Å². The molecule has 1 aliphatic heterocycles. The van der Waals surface area contributed by atoms with Crippen molar-refractivity contribution in [1.82, 2.24) is 9.21 Å². The summed E-state index contributed by atoms with van der Waals surface area (Å²) in [5.74, 6) is -1.47. The summed E-state index contributed by atoms with van der Waals surface area (Å²) < 4.78 is 24.4. The van der Waals surface area contributed by atoms with Crippen LogP contribution in [0.2, 0.25) is 0 Å². The van der Waals surface area contributed by atoms with Crippen LogP contribution in [0.15, 0.2) is 30.3 Å². The van der Waals surface area contributed by atoms with Crippen LogP contribution in [0.25, 0.3) is 0 Å². The summed E-state index contributed by atoms with van der Waals surface area (Å²) in [5.41, 5.74) is 0.822. The standard InChI is InChI=1S/C16H22N2O5S/c1-24(22,23)18-9-7-17(8-10-18)15(19)11-14(12-16(20)21)13-5-3-2-4-6-13/h2-6,14H,7-12H2,1H3,(H,20,21)/t14-/m1/s1. The van der Waals surface area contributed by atoms with Crippen LogP contribution in [0.4, 0.5) is 0 Å². The van der Waals surface area contributed by atoms with Crippen molar-refractivity contribution in [3.8, 4) is 0 Å². The number of carboxylic acids is 1. The van der Waals surface area contributed by atoms with Gasteiger partial charge in [-0.25, -0.2) is 8.42 Å². The lowest BCUT2D eigenvalue weighted by molar-refractivity contribution is -0.138. The van der Waals surface area contributed by atoms with E-state index in [-0.39, 0.29) is 37.8 Å². The van der Waals surface area contributed by atoms with Crippen LogP contribution in [0.3, 0.4) is 0 Å². The van der Waals surface area contributed by atoms with Crippen molar-refractivity contribution in [2.45, 2.75) is 18.8 Å². The van der Waals surface area contributed by atoms with Gasteiger partial charge in [-0.15, -0.1) is 0 Å². The molecule has 1 saturated heterocycles. The lowest BCUT2D eigenvalue weighted by Crippen LogP contribution is -2.50. The number of hydrogen-bond donors (Lipinski definition) is 1. The normalized spacial score (nSPS) is 17.5. The van der Waals surface area contributed by atoms with Gasteiger partial charge in [0.2, 0.25) is 15.9 Å². The number of carboxylic acid groups (broad SMARTS) is 1. The molecule has 1 N–H and O–H groups in total. The lowest BCUT2D eigenvalue weighted by atomic mass is 9.92. The molecular weight excluding hydrogens is 332 g/mol. The fourth-order valence-electron chi connectivity index (χ4n) is 2.85. The quantitative estimate of drug-likeness (QED) is 0.813. The molecule has 1 aliphatic rings. The molecule has 1 aromatic carbocycles. The van der Waals surface area contributed by atoms with Gasteiger partial charge in [0.25, 0.3) is 0 Å². The predicted molar refractivity (Wildman–Crippen MR) is 89.0 cm³/mol. The van der Waals surface area contributed by atoms with E-state index in [0.29, 0.717) is 13.1 Å². The number of aliphatic carboxylic acids is 1. The third-order valence-corrected chi connectivity index (χ3v) is 5.48. The highest BCUT2D eigenvalue weighted by atomic mass is 32.2. The Hall–Kier alpha value is -1.93. The fraction of sp³-hybridized carbons (Fsp3) is 0.500. The van der Waals surface area contributed by atoms with E-state index >= 15 is 0 Å². The van der Waals surface area contributed by atoms with Gasteiger partial charge in [-0.2, -0.15) is 4.31 Å². The highest BCUT2D eigenvalue weighted by Crippen LogP contribution is 2.24. The predicted octanol–water partition coefficient (Wildman–Crippen LogP) is 0.739. The SMILES string of the molecule is CS(=O)(=O)N1CCN(C(=O)C[C@H](CC(=O)O)c2ccccc2)CC1. The summed E-state index contributed by atoms with van der Waals surface area (Å²) in [6, 6.07) is 9.12. The van der Waals surface area contributed by atoms with E-state index < -0.39 is 16.0 Å². The summed E-state index contributed by atoms with van der Waals surface area (Å²) in [6.45, 7) is 1.22. The van der Waals surface area contributed by atoms with Crippen LogP contribution >= 0.6 is 0 Å². The summed E-state index contributed by atoms with van der Waals surface area (Å²) in [4.78, 5) is 25.2. The maximum absolute atomic E-state index is 12.5. The van der Waals surface area contributed by atoms with Crippen LogP contribution in [0.1, 0.15) is 24.3 Å². The number of benzene rings is 1. The third-order valence-electron chi connectivity index (χ3n) is 4.17. The van der Waals surface area contributed by atoms with Gasteiger partial charge in [0.05, 0.1) is 12.7 Å². The first-order valence-corrected chi connectivity index (χ1v) is 9.62. The van der Waals surface area contributed by atoms with Crippen LogP contribution in [0.5, 0.6) is 0 Å². The van der Waals surface area contributed by atoms with E-state index in [4.69, 9.17) is 5.11 Å². The van der Waals surface area contributed by atoms with Crippen molar-refractivity contribution in [1.29, 1.82) is 0 Å². The Morgan fingerprint density at radius 2 is 1.67 bits per heavy atom. The van der Waals surface area contributed by atoms with Gasteiger partial charge in [0.15, 0.2) is 0 Å². The Bertz CT molecular complexity index is 682. The van der Waals surface area contributed by atoms with Crippen molar-refractivity contribution in [3.05, 3.63) is 35.9 Å². The Morgan fingerprint density at radius 1 is 1.08 bits per heavy atom. The summed E-state index contributed by atoms with van der Waals surface area (Å²) in [7, 11) is -3.24. The molecule has 8 heteroatoms. The number of nitrogens with zero attached hydrogens (tertiary/aromatic N) is 2. The average molecular weight is 354 g/mol. The number of sulfonamides is 1. The molecule has 0 aromatic heterocycles. The molecule has 132 valence electrons. The number of amides is 1.